The van der Waals surface area contributed by atoms with Crippen LogP contribution in [-0.4, -0.2) is 28.3 Å². The molecule has 5 nitrogen and oxygen atoms in total. The number of carboxylic acids is 1. The van der Waals surface area contributed by atoms with Gasteiger partial charge in [-0.05, 0) is 58.6 Å². The van der Waals surface area contributed by atoms with Gasteiger partial charge >= 0.3 is 5.97 Å². The van der Waals surface area contributed by atoms with E-state index in [1.165, 1.54) is 0 Å². The van der Waals surface area contributed by atoms with Crippen molar-refractivity contribution in [1.29, 1.82) is 0 Å². The van der Waals surface area contributed by atoms with Crippen LogP contribution in [0.25, 0.3) is 0 Å². The Labute approximate surface area is 149 Å². The molecule has 0 atom stereocenters. The Morgan fingerprint density at radius 3 is 2.08 bits per heavy atom. The molecule has 25 heavy (non-hydrogen) atoms. The van der Waals surface area contributed by atoms with Crippen LogP contribution in [0.5, 0.6) is 0 Å². The van der Waals surface area contributed by atoms with E-state index in [1.807, 2.05) is 32.9 Å². The molecule has 0 saturated heterocycles. The van der Waals surface area contributed by atoms with Gasteiger partial charge in [-0.1, -0.05) is 17.7 Å². The van der Waals surface area contributed by atoms with Crippen LogP contribution in [0.3, 0.4) is 0 Å². The molecular formula is C20H29NO4. The van der Waals surface area contributed by atoms with E-state index < -0.39 is 11.5 Å². The van der Waals surface area contributed by atoms with Crippen molar-refractivity contribution in [3.8, 4) is 0 Å². The fraction of sp³-hybridized carbons (Fsp3) is 0.550. The Kier molecular flexibility index (Phi) is 7.34. The number of Topliss-reactive ketones (excluding diaryl/α,β-unsaturated/α-hetero) is 1. The number of aryl methyl sites for hydroxylation is 3. The molecule has 0 aromatic heterocycles. The molecule has 0 saturated carbocycles. The van der Waals surface area contributed by atoms with Gasteiger partial charge in [0.05, 0.1) is 0 Å². The SMILES string of the molecule is Cc1cc(C)c(C(=O)CCCC(=O)NC(C)(C)CCC(=O)O)c(C)c1. The highest BCUT2D eigenvalue weighted by Crippen LogP contribution is 2.19. The Balaban J connectivity index is 2.50. The van der Waals surface area contributed by atoms with Crippen LogP contribution in [-0.2, 0) is 9.59 Å². The van der Waals surface area contributed by atoms with Crippen LogP contribution >= 0.6 is 0 Å². The van der Waals surface area contributed by atoms with Crippen LogP contribution in [0, 0.1) is 20.8 Å². The van der Waals surface area contributed by atoms with Crippen molar-refractivity contribution in [2.75, 3.05) is 0 Å². The van der Waals surface area contributed by atoms with Gasteiger partial charge in [-0.15, -0.1) is 0 Å². The molecule has 0 spiro atoms. The molecule has 1 rings (SSSR count). The van der Waals surface area contributed by atoms with Gasteiger partial charge in [-0.3, -0.25) is 14.4 Å². The third kappa shape index (κ3) is 7.08. The molecule has 1 aromatic carbocycles. The fourth-order valence-electron chi connectivity index (χ4n) is 3.08. The smallest absolute Gasteiger partial charge is 0.303 e. The van der Waals surface area contributed by atoms with Gasteiger partial charge in [0.2, 0.25) is 5.91 Å². The van der Waals surface area contributed by atoms with E-state index in [-0.39, 0.29) is 24.5 Å². The summed E-state index contributed by atoms with van der Waals surface area (Å²) in [7, 11) is 0. The first kappa shape index (κ1) is 20.9. The number of rotatable bonds is 9. The van der Waals surface area contributed by atoms with Gasteiger partial charge in [0, 0.05) is 30.4 Å². The van der Waals surface area contributed by atoms with Crippen molar-refractivity contribution in [1.82, 2.24) is 5.32 Å². The topological polar surface area (TPSA) is 83.5 Å². The van der Waals surface area contributed by atoms with Gasteiger partial charge in [0.15, 0.2) is 5.78 Å². The first-order chi connectivity index (χ1) is 11.5. The standard InChI is InChI=1S/C20H29NO4/c1-13-11-14(2)19(15(3)12-13)16(22)7-6-8-17(23)21-20(4,5)10-9-18(24)25/h11-12H,6-10H2,1-5H3,(H,21,23)(H,24,25). The number of hydrogen-bond acceptors (Lipinski definition) is 3. The summed E-state index contributed by atoms with van der Waals surface area (Å²) in [5, 5.41) is 11.6. The number of benzene rings is 1. The molecule has 5 heteroatoms. The molecule has 0 fully saturated rings. The number of carbonyl (C=O) groups is 3. The van der Waals surface area contributed by atoms with E-state index >= 15 is 0 Å². The van der Waals surface area contributed by atoms with Crippen molar-refractivity contribution in [3.05, 3.63) is 34.4 Å². The summed E-state index contributed by atoms with van der Waals surface area (Å²) >= 11 is 0. The predicted molar refractivity (Wildman–Crippen MR) is 97.9 cm³/mol. The number of carboxylic acid groups (broad SMARTS) is 1. The van der Waals surface area contributed by atoms with E-state index in [0.717, 1.165) is 22.3 Å². The van der Waals surface area contributed by atoms with Crippen molar-refractivity contribution >= 4 is 17.7 Å². The van der Waals surface area contributed by atoms with Gasteiger partial charge in [0.25, 0.3) is 0 Å². The zero-order valence-electron chi connectivity index (χ0n) is 15.9. The summed E-state index contributed by atoms with van der Waals surface area (Å²) in [6.07, 6.45) is 1.44. The lowest BCUT2D eigenvalue weighted by molar-refractivity contribution is -0.137. The summed E-state index contributed by atoms with van der Waals surface area (Å²) in [5.41, 5.74) is 3.27. The summed E-state index contributed by atoms with van der Waals surface area (Å²) in [6, 6.07) is 4.00. The highest BCUT2D eigenvalue weighted by molar-refractivity contribution is 5.99. The van der Waals surface area contributed by atoms with Crippen molar-refractivity contribution in [2.45, 2.75) is 72.3 Å². The van der Waals surface area contributed by atoms with Gasteiger partial charge in [0.1, 0.15) is 0 Å². The minimum atomic E-state index is -0.878. The first-order valence-electron chi connectivity index (χ1n) is 8.65. The maximum atomic E-state index is 12.4. The van der Waals surface area contributed by atoms with Crippen molar-refractivity contribution in [2.24, 2.45) is 0 Å². The quantitative estimate of drug-likeness (QED) is 0.667. The fourth-order valence-corrected chi connectivity index (χ4v) is 3.08. The Morgan fingerprint density at radius 2 is 1.56 bits per heavy atom. The van der Waals surface area contributed by atoms with E-state index in [9.17, 15) is 14.4 Å². The molecule has 0 radical (unpaired) electrons. The average molecular weight is 347 g/mol. The molecule has 0 aliphatic carbocycles. The predicted octanol–water partition coefficient (Wildman–Crippen LogP) is 3.72. The number of carbonyl (C=O) groups excluding carboxylic acids is 2. The second kappa shape index (κ2) is 8.79. The zero-order chi connectivity index (χ0) is 19.2. The Bertz CT molecular complexity index is 639. The number of amides is 1. The maximum Gasteiger partial charge on any atom is 0.303 e. The molecule has 0 aliphatic rings. The van der Waals surface area contributed by atoms with Gasteiger partial charge < -0.3 is 10.4 Å². The van der Waals surface area contributed by atoms with E-state index in [4.69, 9.17) is 5.11 Å². The summed E-state index contributed by atoms with van der Waals surface area (Å²) in [6.45, 7) is 9.48. The highest BCUT2D eigenvalue weighted by Gasteiger charge is 2.21. The second-order valence-corrected chi connectivity index (χ2v) is 7.38. The largest absolute Gasteiger partial charge is 0.481 e. The molecule has 1 aromatic rings. The van der Waals surface area contributed by atoms with Crippen LogP contribution < -0.4 is 5.32 Å². The van der Waals surface area contributed by atoms with Crippen LogP contribution in [0.1, 0.15) is 73.0 Å². The van der Waals surface area contributed by atoms with Crippen LogP contribution in [0.15, 0.2) is 12.1 Å². The van der Waals surface area contributed by atoms with Gasteiger partial charge in [-0.25, -0.2) is 0 Å². The second-order valence-electron chi connectivity index (χ2n) is 7.38. The molecule has 2 N–H and O–H groups in total. The highest BCUT2D eigenvalue weighted by atomic mass is 16.4. The van der Waals surface area contributed by atoms with Gasteiger partial charge in [-0.2, -0.15) is 0 Å². The number of nitrogens with one attached hydrogen (secondary N) is 1. The number of hydrogen-bond donors (Lipinski definition) is 2. The molecule has 0 heterocycles. The van der Waals surface area contributed by atoms with E-state index in [0.29, 0.717) is 19.3 Å². The maximum absolute atomic E-state index is 12.4. The minimum Gasteiger partial charge on any atom is -0.481 e. The van der Waals surface area contributed by atoms with Crippen LogP contribution in [0.4, 0.5) is 0 Å². The normalized spacial score (nSPS) is 11.2. The Hall–Kier alpha value is -2.17. The molecule has 0 bridgehead atoms. The van der Waals surface area contributed by atoms with E-state index in [1.54, 1.807) is 13.8 Å². The lowest BCUT2D eigenvalue weighted by Crippen LogP contribution is -2.43. The number of aliphatic carboxylic acids is 1. The molecule has 0 aliphatic heterocycles. The van der Waals surface area contributed by atoms with Crippen molar-refractivity contribution < 1.29 is 19.5 Å². The molecule has 0 unspecified atom stereocenters. The third-order valence-electron chi connectivity index (χ3n) is 4.21. The average Bonchev–Trinajstić information content (AvgIpc) is 2.43. The molecule has 1 amide bonds. The number of ketones is 1. The lowest BCUT2D eigenvalue weighted by Gasteiger charge is -2.25. The third-order valence-corrected chi connectivity index (χ3v) is 4.21. The summed E-state index contributed by atoms with van der Waals surface area (Å²) < 4.78 is 0. The molecular weight excluding hydrogens is 318 g/mol. The summed E-state index contributed by atoms with van der Waals surface area (Å²) in [4.78, 5) is 35.1. The van der Waals surface area contributed by atoms with E-state index in [2.05, 4.69) is 5.32 Å². The lowest BCUT2D eigenvalue weighted by atomic mass is 9.94. The van der Waals surface area contributed by atoms with Crippen molar-refractivity contribution in [3.63, 3.8) is 0 Å². The minimum absolute atomic E-state index is 0.0117. The first-order valence-corrected chi connectivity index (χ1v) is 8.65. The Morgan fingerprint density at radius 1 is 1.00 bits per heavy atom. The zero-order valence-corrected chi connectivity index (χ0v) is 15.9. The molecule has 138 valence electrons. The summed E-state index contributed by atoms with van der Waals surface area (Å²) in [5.74, 6) is -0.967. The van der Waals surface area contributed by atoms with Crippen LogP contribution in [0.2, 0.25) is 0 Å². The monoisotopic (exact) mass is 347 g/mol.